The molecule has 6 nitrogen and oxygen atoms in total. The van der Waals surface area contributed by atoms with Crippen LogP contribution in [0.15, 0.2) is 18.5 Å². The van der Waals surface area contributed by atoms with Crippen molar-refractivity contribution in [1.29, 1.82) is 0 Å². The molecule has 2 aromatic heterocycles. The Labute approximate surface area is 176 Å². The lowest BCUT2D eigenvalue weighted by Crippen LogP contribution is -2.31. The van der Waals surface area contributed by atoms with Gasteiger partial charge in [-0.25, -0.2) is 18.2 Å². The predicted octanol–water partition coefficient (Wildman–Crippen LogP) is 3.27. The summed E-state index contributed by atoms with van der Waals surface area (Å²) in [6, 6.07) is 1.17. The Morgan fingerprint density at radius 1 is 1.52 bits per heavy atom. The molecule has 158 valence electrons. The van der Waals surface area contributed by atoms with Crippen LogP contribution in [-0.4, -0.2) is 44.3 Å². The molecule has 1 fully saturated rings. The van der Waals surface area contributed by atoms with Crippen LogP contribution >= 0.6 is 22.9 Å². The van der Waals surface area contributed by atoms with E-state index in [1.165, 1.54) is 17.2 Å². The Morgan fingerprint density at radius 3 is 2.79 bits per heavy atom. The van der Waals surface area contributed by atoms with E-state index in [0.717, 1.165) is 17.5 Å². The summed E-state index contributed by atoms with van der Waals surface area (Å²) in [4.78, 5) is 18.1. The van der Waals surface area contributed by atoms with Gasteiger partial charge in [-0.3, -0.25) is 14.2 Å². The summed E-state index contributed by atoms with van der Waals surface area (Å²) in [6.45, 7) is 1.98. The van der Waals surface area contributed by atoms with E-state index < -0.39 is 28.5 Å². The van der Waals surface area contributed by atoms with Crippen molar-refractivity contribution in [2.75, 3.05) is 23.0 Å². The number of carbonyl (C=O) groups excluding carboxylic acids is 1. The van der Waals surface area contributed by atoms with Gasteiger partial charge >= 0.3 is 0 Å². The van der Waals surface area contributed by atoms with Crippen LogP contribution in [-0.2, 0) is 15.6 Å². The first kappa shape index (κ1) is 22.0. The second kappa shape index (κ2) is 8.57. The van der Waals surface area contributed by atoms with Crippen LogP contribution in [0.4, 0.5) is 18.2 Å². The quantitative estimate of drug-likeness (QED) is 0.476. The van der Waals surface area contributed by atoms with Gasteiger partial charge in [0.15, 0.2) is 11.0 Å². The third kappa shape index (κ3) is 5.26. The standard InChI is InChI=1S/C17H18ClF3N3O3S2/c1-2-24(13(25)3-4-29(27)9-11-6-17(11,20)21)16-14(18)22-15(28-16)10-5-12(19)8-23(26)7-10/h5,7-8,11,26H,2-4,6,9H2,1H3/q+1. The smallest absolute Gasteiger partial charge is 0.257 e. The molecule has 2 aromatic rings. The van der Waals surface area contributed by atoms with E-state index in [9.17, 15) is 27.4 Å². The first-order chi connectivity index (χ1) is 13.6. The summed E-state index contributed by atoms with van der Waals surface area (Å²) in [5.74, 6) is -4.76. The van der Waals surface area contributed by atoms with Crippen LogP contribution in [0.2, 0.25) is 5.15 Å². The van der Waals surface area contributed by atoms with Gasteiger partial charge in [-0.1, -0.05) is 22.9 Å². The first-order valence-electron chi connectivity index (χ1n) is 8.71. The zero-order valence-corrected chi connectivity index (χ0v) is 17.7. The third-order valence-corrected chi connectivity index (χ3v) is 7.32. The van der Waals surface area contributed by atoms with Crippen LogP contribution < -0.4 is 9.63 Å². The summed E-state index contributed by atoms with van der Waals surface area (Å²) in [5, 5.41) is 10.2. The van der Waals surface area contributed by atoms with E-state index >= 15 is 0 Å². The van der Waals surface area contributed by atoms with Crippen LogP contribution in [0.1, 0.15) is 19.8 Å². The van der Waals surface area contributed by atoms with Crippen molar-refractivity contribution in [3.63, 3.8) is 0 Å². The summed E-state index contributed by atoms with van der Waals surface area (Å²) < 4.78 is 51.9. The van der Waals surface area contributed by atoms with E-state index in [4.69, 9.17) is 11.6 Å². The molecule has 0 saturated heterocycles. The van der Waals surface area contributed by atoms with Crippen LogP contribution in [0.3, 0.4) is 0 Å². The zero-order chi connectivity index (χ0) is 21.3. The van der Waals surface area contributed by atoms with Gasteiger partial charge in [0.1, 0.15) is 10.0 Å². The van der Waals surface area contributed by atoms with Gasteiger partial charge in [0.2, 0.25) is 12.1 Å². The van der Waals surface area contributed by atoms with Gasteiger partial charge in [-0.15, -0.1) is 0 Å². The van der Waals surface area contributed by atoms with E-state index in [1.54, 1.807) is 6.92 Å². The zero-order valence-electron chi connectivity index (χ0n) is 15.3. The van der Waals surface area contributed by atoms with Crippen molar-refractivity contribution in [3.8, 4) is 10.6 Å². The van der Waals surface area contributed by atoms with E-state index in [-0.39, 0.29) is 47.5 Å². The predicted molar refractivity (Wildman–Crippen MR) is 103 cm³/mol. The minimum absolute atomic E-state index is 0.0143. The second-order valence-corrected chi connectivity index (χ2v) is 9.56. The minimum Gasteiger partial charge on any atom is -0.301 e. The number of carbonyl (C=O) groups is 1. The highest BCUT2D eigenvalue weighted by atomic mass is 35.5. The number of anilines is 1. The van der Waals surface area contributed by atoms with Crippen molar-refractivity contribution in [1.82, 2.24) is 4.98 Å². The molecule has 3 rings (SSSR count). The van der Waals surface area contributed by atoms with Crippen molar-refractivity contribution >= 4 is 44.6 Å². The molecule has 1 saturated carbocycles. The lowest BCUT2D eigenvalue weighted by molar-refractivity contribution is -0.905. The monoisotopic (exact) mass is 468 g/mol. The number of alkyl halides is 2. The Balaban J connectivity index is 1.68. The van der Waals surface area contributed by atoms with Gasteiger partial charge < -0.3 is 4.90 Å². The van der Waals surface area contributed by atoms with Crippen molar-refractivity contribution in [2.45, 2.75) is 25.7 Å². The molecule has 12 heteroatoms. The number of aromatic nitrogens is 2. The van der Waals surface area contributed by atoms with E-state index in [0.29, 0.717) is 14.7 Å². The molecule has 0 bridgehead atoms. The molecular weight excluding hydrogens is 451 g/mol. The highest BCUT2D eigenvalue weighted by Crippen LogP contribution is 2.48. The fourth-order valence-corrected chi connectivity index (χ4v) is 5.51. The van der Waals surface area contributed by atoms with Crippen LogP contribution in [0, 0.1) is 11.7 Å². The van der Waals surface area contributed by atoms with Crippen molar-refractivity contribution in [3.05, 3.63) is 29.4 Å². The number of nitrogens with zero attached hydrogens (tertiary/aromatic N) is 3. The summed E-state index contributed by atoms with van der Waals surface area (Å²) >= 11 is 7.20. The maximum Gasteiger partial charge on any atom is 0.257 e. The number of thiazole rings is 1. The molecule has 2 atom stereocenters. The number of rotatable bonds is 8. The molecule has 0 aliphatic heterocycles. The van der Waals surface area contributed by atoms with Crippen molar-refractivity contribution < 1.29 is 32.1 Å². The third-order valence-electron chi connectivity index (χ3n) is 4.39. The second-order valence-electron chi connectivity index (χ2n) is 6.60. The molecule has 2 heterocycles. The minimum atomic E-state index is -2.73. The Kier molecular flexibility index (Phi) is 6.49. The van der Waals surface area contributed by atoms with Gasteiger partial charge in [-0.05, 0) is 13.0 Å². The molecule has 1 N–H and O–H groups in total. The topological polar surface area (TPSA) is 74.4 Å². The van der Waals surface area contributed by atoms with Gasteiger partial charge in [0.05, 0.1) is 5.56 Å². The number of hydrogen-bond acceptors (Lipinski definition) is 5. The fraction of sp³-hybridized carbons (Fsp3) is 0.471. The molecule has 1 aliphatic carbocycles. The van der Waals surface area contributed by atoms with Gasteiger partial charge in [-0.2, -0.15) is 0 Å². The number of pyridine rings is 1. The Bertz CT molecular complexity index is 937. The average Bonchev–Trinajstić information content (AvgIpc) is 3.04. The normalized spacial score (nSPS) is 18.4. The molecule has 0 radical (unpaired) electrons. The lowest BCUT2D eigenvalue weighted by atomic mass is 10.3. The van der Waals surface area contributed by atoms with Crippen LogP contribution in [0.5, 0.6) is 0 Å². The fourth-order valence-electron chi connectivity index (χ4n) is 2.76. The molecule has 2 unspecified atom stereocenters. The van der Waals surface area contributed by atoms with Crippen LogP contribution in [0.25, 0.3) is 10.6 Å². The molecule has 1 amide bonds. The Hall–Kier alpha value is -1.72. The highest BCUT2D eigenvalue weighted by Gasteiger charge is 2.57. The van der Waals surface area contributed by atoms with Gasteiger partial charge in [0, 0.05) is 52.3 Å². The molecule has 1 aliphatic rings. The number of hydrogen-bond donors (Lipinski definition) is 1. The average molecular weight is 469 g/mol. The van der Waals surface area contributed by atoms with Crippen molar-refractivity contribution in [2.24, 2.45) is 5.92 Å². The lowest BCUT2D eigenvalue weighted by Gasteiger charge is -2.18. The SMILES string of the molecule is CCN(C(=O)CCS(=O)CC1CC1(F)F)c1sc(-c2cc(F)c[n+](O)c2)nc1Cl. The number of amides is 1. The highest BCUT2D eigenvalue weighted by molar-refractivity contribution is 7.85. The van der Waals surface area contributed by atoms with E-state index in [1.807, 2.05) is 0 Å². The summed E-state index contributed by atoms with van der Waals surface area (Å²) in [7, 11) is -1.51. The first-order valence-corrected chi connectivity index (χ1v) is 11.4. The summed E-state index contributed by atoms with van der Waals surface area (Å²) in [6.07, 6.45) is 1.79. The maximum absolute atomic E-state index is 13.5. The molecule has 0 aromatic carbocycles. The molecule has 0 spiro atoms. The number of halogens is 4. The molecular formula is C17H18ClF3N3O3S2+. The Morgan fingerprint density at radius 2 is 2.21 bits per heavy atom. The summed E-state index contributed by atoms with van der Waals surface area (Å²) in [5.41, 5.74) is 0.278. The molecule has 29 heavy (non-hydrogen) atoms. The van der Waals surface area contributed by atoms with Gasteiger partial charge in [0.25, 0.3) is 12.1 Å². The maximum atomic E-state index is 13.5. The van der Waals surface area contributed by atoms with E-state index in [2.05, 4.69) is 4.98 Å². The largest absolute Gasteiger partial charge is 0.301 e.